The molecule has 3 fully saturated rings. The molecule has 8 heteroatoms. The second-order valence-corrected chi connectivity index (χ2v) is 12.4. The molecule has 3 heterocycles. The average molecular weight is 517 g/mol. The summed E-state index contributed by atoms with van der Waals surface area (Å²) < 4.78 is 30.6. The maximum atomic E-state index is 11.5. The van der Waals surface area contributed by atoms with Gasteiger partial charge in [-0.2, -0.15) is 8.42 Å². The lowest BCUT2D eigenvalue weighted by molar-refractivity contribution is 0.0959. The van der Waals surface area contributed by atoms with Crippen LogP contribution in [-0.4, -0.2) is 61.6 Å². The van der Waals surface area contributed by atoms with Gasteiger partial charge >= 0.3 is 10.3 Å². The number of piperidine rings is 1. The fourth-order valence-electron chi connectivity index (χ4n) is 7.10. The molecular formula is C28H44N4O3S. The number of hydrogen-bond donors (Lipinski definition) is 1. The van der Waals surface area contributed by atoms with Gasteiger partial charge in [-0.05, 0) is 82.0 Å². The van der Waals surface area contributed by atoms with Gasteiger partial charge in [-0.25, -0.2) is 5.14 Å². The quantitative estimate of drug-likeness (QED) is 0.527. The molecule has 7 nitrogen and oxygen atoms in total. The van der Waals surface area contributed by atoms with Gasteiger partial charge in [0.05, 0.1) is 6.61 Å². The van der Waals surface area contributed by atoms with Crippen molar-refractivity contribution < 1.29 is 12.6 Å². The average Bonchev–Trinajstić information content (AvgIpc) is 3.50. The van der Waals surface area contributed by atoms with Crippen LogP contribution in [0.4, 0.5) is 0 Å². The van der Waals surface area contributed by atoms with E-state index in [1.165, 1.54) is 67.1 Å². The second-order valence-electron chi connectivity index (χ2n) is 11.2. The topological polar surface area (TPSA) is 80.8 Å². The Bertz CT molecular complexity index is 1110. The molecule has 1 aliphatic carbocycles. The first-order valence-corrected chi connectivity index (χ1v) is 15.6. The Balaban J connectivity index is 1.39. The highest BCUT2D eigenvalue weighted by Crippen LogP contribution is 2.37. The van der Waals surface area contributed by atoms with Crippen molar-refractivity contribution in [1.82, 2.24) is 14.4 Å². The standard InChI is InChI=1S/C28H44N4O3S/c1-2-22-9-11-23(12-10-22)31-18-13-24(14-19-31)32-27-8-4-3-7-25(27)26(21-30-16-5-6-17-30)28(32)15-20-35-36(29,33)34/h3-4,7-8,22-24H,2,5-6,9-21H2,1H3,(H2,29,33,34). The number of nitrogens with two attached hydrogens (primary N) is 1. The monoisotopic (exact) mass is 516 g/mol. The Morgan fingerprint density at radius 3 is 2.31 bits per heavy atom. The molecule has 1 saturated carbocycles. The van der Waals surface area contributed by atoms with E-state index < -0.39 is 10.3 Å². The molecule has 1 aromatic heterocycles. The van der Waals surface area contributed by atoms with Gasteiger partial charge in [0.25, 0.3) is 0 Å². The lowest BCUT2D eigenvalue weighted by Crippen LogP contribution is -2.43. The summed E-state index contributed by atoms with van der Waals surface area (Å²) in [5, 5.41) is 6.46. The largest absolute Gasteiger partial charge is 0.341 e. The highest BCUT2D eigenvalue weighted by molar-refractivity contribution is 7.84. The number of likely N-dealkylation sites (tertiary alicyclic amines) is 2. The minimum Gasteiger partial charge on any atom is -0.341 e. The van der Waals surface area contributed by atoms with Crippen LogP contribution in [0.15, 0.2) is 24.3 Å². The van der Waals surface area contributed by atoms with Crippen molar-refractivity contribution in [2.24, 2.45) is 11.1 Å². The summed E-state index contributed by atoms with van der Waals surface area (Å²) in [5.74, 6) is 0.932. The Kier molecular flexibility index (Phi) is 8.37. The zero-order valence-corrected chi connectivity index (χ0v) is 22.7. The lowest BCUT2D eigenvalue weighted by atomic mass is 9.83. The van der Waals surface area contributed by atoms with E-state index in [-0.39, 0.29) is 6.61 Å². The van der Waals surface area contributed by atoms with E-state index in [4.69, 9.17) is 9.32 Å². The Hall–Kier alpha value is -1.45. The highest BCUT2D eigenvalue weighted by Gasteiger charge is 2.31. The molecule has 5 rings (SSSR count). The molecule has 2 aromatic rings. The molecule has 2 aliphatic heterocycles. The second kappa shape index (κ2) is 11.5. The van der Waals surface area contributed by atoms with Crippen LogP contribution in [0.25, 0.3) is 10.9 Å². The van der Waals surface area contributed by atoms with Gasteiger partial charge < -0.3 is 9.47 Å². The number of nitrogens with zero attached hydrogens (tertiary/aromatic N) is 3. The molecule has 36 heavy (non-hydrogen) atoms. The summed E-state index contributed by atoms with van der Waals surface area (Å²) in [7, 11) is -3.95. The zero-order valence-electron chi connectivity index (χ0n) is 21.9. The number of fused-ring (bicyclic) bond motifs is 1. The maximum Gasteiger partial charge on any atom is 0.333 e. The molecule has 0 spiro atoms. The SMILES string of the molecule is CCC1CCC(N2CCC(n3c(CCOS(N)(=O)=O)c(CN4CCCC4)c4ccccc43)CC2)CC1. The van der Waals surface area contributed by atoms with E-state index in [2.05, 4.69) is 45.6 Å². The van der Waals surface area contributed by atoms with Crippen LogP contribution in [0, 0.1) is 5.92 Å². The summed E-state index contributed by atoms with van der Waals surface area (Å²) in [6, 6.07) is 9.91. The summed E-state index contributed by atoms with van der Waals surface area (Å²) in [5.41, 5.74) is 3.85. The van der Waals surface area contributed by atoms with Crippen LogP contribution in [0.3, 0.4) is 0 Å². The number of rotatable bonds is 9. The third-order valence-electron chi connectivity index (χ3n) is 9.07. The van der Waals surface area contributed by atoms with Crippen molar-refractivity contribution in [3.05, 3.63) is 35.5 Å². The molecule has 0 atom stereocenters. The van der Waals surface area contributed by atoms with Crippen molar-refractivity contribution in [2.45, 2.75) is 89.8 Å². The number of aromatic nitrogens is 1. The third kappa shape index (κ3) is 5.99. The summed E-state index contributed by atoms with van der Waals surface area (Å²) in [6.45, 7) is 7.89. The van der Waals surface area contributed by atoms with E-state index in [1.54, 1.807) is 0 Å². The van der Waals surface area contributed by atoms with Crippen molar-refractivity contribution >= 4 is 21.2 Å². The molecule has 1 aromatic carbocycles. The predicted molar refractivity (Wildman–Crippen MR) is 145 cm³/mol. The van der Waals surface area contributed by atoms with Crippen LogP contribution in [0.1, 0.15) is 82.0 Å². The molecule has 3 aliphatic rings. The van der Waals surface area contributed by atoms with E-state index in [0.29, 0.717) is 12.5 Å². The fourth-order valence-corrected chi connectivity index (χ4v) is 7.41. The lowest BCUT2D eigenvalue weighted by Gasteiger charge is -2.41. The summed E-state index contributed by atoms with van der Waals surface area (Å²) >= 11 is 0. The number of hydrogen-bond acceptors (Lipinski definition) is 5. The molecule has 200 valence electrons. The van der Waals surface area contributed by atoms with E-state index in [0.717, 1.165) is 57.5 Å². The van der Waals surface area contributed by atoms with Crippen molar-refractivity contribution in [1.29, 1.82) is 0 Å². The predicted octanol–water partition coefficient (Wildman–Crippen LogP) is 4.61. The van der Waals surface area contributed by atoms with Gasteiger partial charge in [0.2, 0.25) is 0 Å². The van der Waals surface area contributed by atoms with Crippen LogP contribution < -0.4 is 5.14 Å². The summed E-state index contributed by atoms with van der Waals surface area (Å²) in [4.78, 5) is 5.29. The molecule has 0 radical (unpaired) electrons. The van der Waals surface area contributed by atoms with Gasteiger partial charge in [-0.3, -0.25) is 9.08 Å². The van der Waals surface area contributed by atoms with Crippen LogP contribution in [-0.2, 0) is 27.5 Å². The first-order chi connectivity index (χ1) is 17.4. The Morgan fingerprint density at radius 1 is 0.944 bits per heavy atom. The van der Waals surface area contributed by atoms with Crippen LogP contribution in [0.5, 0.6) is 0 Å². The fraction of sp³-hybridized carbons (Fsp3) is 0.714. The smallest absolute Gasteiger partial charge is 0.333 e. The summed E-state index contributed by atoms with van der Waals surface area (Å²) in [6.07, 6.45) is 12.1. The molecule has 2 saturated heterocycles. The Morgan fingerprint density at radius 2 is 1.64 bits per heavy atom. The van der Waals surface area contributed by atoms with Crippen LogP contribution in [0.2, 0.25) is 0 Å². The van der Waals surface area contributed by atoms with Gasteiger partial charge in [0.15, 0.2) is 0 Å². The van der Waals surface area contributed by atoms with Crippen LogP contribution >= 0.6 is 0 Å². The third-order valence-corrected chi connectivity index (χ3v) is 9.56. The molecular weight excluding hydrogens is 472 g/mol. The van der Waals surface area contributed by atoms with Gasteiger partial charge in [-0.1, -0.05) is 31.5 Å². The van der Waals surface area contributed by atoms with Crippen molar-refractivity contribution in [2.75, 3.05) is 32.8 Å². The maximum absolute atomic E-state index is 11.5. The molecule has 0 unspecified atom stereocenters. The van der Waals surface area contributed by atoms with Gasteiger partial charge in [0, 0.05) is 54.7 Å². The molecule has 2 N–H and O–H groups in total. The first-order valence-electron chi connectivity index (χ1n) is 14.2. The van der Waals surface area contributed by atoms with Crippen molar-refractivity contribution in [3.8, 4) is 0 Å². The van der Waals surface area contributed by atoms with E-state index in [1.807, 2.05) is 0 Å². The number of para-hydroxylation sites is 1. The van der Waals surface area contributed by atoms with Crippen molar-refractivity contribution in [3.63, 3.8) is 0 Å². The van der Waals surface area contributed by atoms with Gasteiger partial charge in [-0.15, -0.1) is 0 Å². The normalized spacial score (nSPS) is 25.2. The minimum absolute atomic E-state index is 0.0850. The molecule has 0 bridgehead atoms. The highest BCUT2D eigenvalue weighted by atomic mass is 32.2. The Labute approximate surface area is 217 Å². The van der Waals surface area contributed by atoms with Gasteiger partial charge in [0.1, 0.15) is 0 Å². The minimum atomic E-state index is -3.95. The first kappa shape index (κ1) is 26.2. The van der Waals surface area contributed by atoms with E-state index in [9.17, 15) is 8.42 Å². The molecule has 0 amide bonds. The zero-order chi connectivity index (χ0) is 25.1. The number of benzene rings is 1. The van der Waals surface area contributed by atoms with E-state index >= 15 is 0 Å².